The first-order valence-electron chi connectivity index (χ1n) is 9.62. The number of benzene rings is 2. The van der Waals surface area contributed by atoms with Crippen LogP contribution in [0.1, 0.15) is 12.5 Å². The highest BCUT2D eigenvalue weighted by Crippen LogP contribution is 2.35. The number of carbonyl (C=O) groups is 1. The third-order valence-corrected chi connectivity index (χ3v) is 5.57. The van der Waals surface area contributed by atoms with E-state index in [2.05, 4.69) is 27.5 Å². The second kappa shape index (κ2) is 8.13. The maximum atomic E-state index is 12.2. The van der Waals surface area contributed by atoms with Crippen molar-refractivity contribution in [3.05, 3.63) is 65.5 Å². The second-order valence-corrected chi connectivity index (χ2v) is 7.70. The van der Waals surface area contributed by atoms with Gasteiger partial charge < -0.3 is 9.80 Å². The lowest BCUT2D eigenvalue weighted by molar-refractivity contribution is -0.127. The number of aromatic nitrogens is 2. The number of carbonyl (C=O) groups excluding carboxylic acids is 1. The smallest absolute Gasteiger partial charge is 0.249 e. The molecule has 150 valence electrons. The van der Waals surface area contributed by atoms with Crippen LogP contribution in [0.2, 0.25) is 5.02 Å². The standard InChI is InChI=1S/C23H20ClN5O/c1-15(2)23(30)29-9-7-28(8-10-29)22-19-11-18(17-5-3-16(13-25)4-6-17)20(24)12-21(19)26-14-27-22/h3-6,11-12,14H,1,7-10H2,2H3. The van der Waals surface area contributed by atoms with Gasteiger partial charge in [-0.05, 0) is 36.8 Å². The van der Waals surface area contributed by atoms with Crippen LogP contribution in [0.25, 0.3) is 22.0 Å². The van der Waals surface area contributed by atoms with Gasteiger partial charge in [-0.25, -0.2) is 9.97 Å². The molecule has 0 atom stereocenters. The Labute approximate surface area is 180 Å². The number of hydrogen-bond acceptors (Lipinski definition) is 5. The van der Waals surface area contributed by atoms with Crippen LogP contribution in [-0.2, 0) is 4.79 Å². The molecule has 7 heteroatoms. The molecular formula is C23H20ClN5O. The fourth-order valence-electron chi connectivity index (χ4n) is 3.65. The zero-order chi connectivity index (χ0) is 21.3. The molecule has 1 amide bonds. The molecule has 1 aliphatic rings. The summed E-state index contributed by atoms with van der Waals surface area (Å²) < 4.78 is 0. The number of anilines is 1. The second-order valence-electron chi connectivity index (χ2n) is 7.30. The summed E-state index contributed by atoms with van der Waals surface area (Å²) in [5.74, 6) is 0.825. The number of hydrogen-bond donors (Lipinski definition) is 0. The predicted molar refractivity (Wildman–Crippen MR) is 118 cm³/mol. The Balaban J connectivity index is 1.69. The SMILES string of the molecule is C=C(C)C(=O)N1CCN(c2ncnc3cc(Cl)c(-c4ccc(C#N)cc4)cc23)CC1. The minimum atomic E-state index is -0.00270. The van der Waals surface area contributed by atoms with Crippen LogP contribution in [0.15, 0.2) is 54.9 Å². The molecule has 1 saturated heterocycles. The summed E-state index contributed by atoms with van der Waals surface area (Å²) in [6, 6.07) is 13.3. The number of fused-ring (bicyclic) bond motifs is 1. The molecule has 3 aromatic rings. The molecule has 0 aliphatic carbocycles. The first-order valence-corrected chi connectivity index (χ1v) is 10.0. The van der Waals surface area contributed by atoms with Gasteiger partial charge in [-0.15, -0.1) is 0 Å². The third-order valence-electron chi connectivity index (χ3n) is 5.26. The molecule has 30 heavy (non-hydrogen) atoms. The number of nitrogens with zero attached hydrogens (tertiary/aromatic N) is 5. The van der Waals surface area contributed by atoms with Crippen LogP contribution < -0.4 is 4.90 Å². The van der Waals surface area contributed by atoms with E-state index in [0.717, 1.165) is 27.8 Å². The molecule has 6 nitrogen and oxygen atoms in total. The van der Waals surface area contributed by atoms with Crippen molar-refractivity contribution < 1.29 is 4.79 Å². The van der Waals surface area contributed by atoms with Gasteiger partial charge in [0.25, 0.3) is 0 Å². The average molecular weight is 418 g/mol. The van der Waals surface area contributed by atoms with Crippen molar-refractivity contribution in [1.82, 2.24) is 14.9 Å². The lowest BCUT2D eigenvalue weighted by atomic mass is 10.0. The van der Waals surface area contributed by atoms with Crippen LogP contribution >= 0.6 is 11.6 Å². The molecule has 4 rings (SSSR count). The zero-order valence-electron chi connectivity index (χ0n) is 16.6. The Morgan fingerprint density at radius 1 is 1.13 bits per heavy atom. The maximum absolute atomic E-state index is 12.2. The van der Waals surface area contributed by atoms with Crippen LogP contribution in [0.3, 0.4) is 0 Å². The topological polar surface area (TPSA) is 73.1 Å². The van der Waals surface area contributed by atoms with Crippen molar-refractivity contribution in [2.24, 2.45) is 0 Å². The third kappa shape index (κ3) is 3.72. The van der Waals surface area contributed by atoms with E-state index in [0.29, 0.717) is 42.3 Å². The summed E-state index contributed by atoms with van der Waals surface area (Å²) in [6.07, 6.45) is 1.54. The first kappa shape index (κ1) is 19.9. The van der Waals surface area contributed by atoms with Crippen molar-refractivity contribution in [3.8, 4) is 17.2 Å². The van der Waals surface area contributed by atoms with Gasteiger partial charge in [-0.3, -0.25) is 4.79 Å². The molecule has 0 saturated carbocycles. The number of piperazine rings is 1. The van der Waals surface area contributed by atoms with E-state index in [1.165, 1.54) is 0 Å². The summed E-state index contributed by atoms with van der Waals surface area (Å²) in [5.41, 5.74) is 3.70. The molecule has 0 bridgehead atoms. The van der Waals surface area contributed by atoms with Crippen molar-refractivity contribution >= 4 is 34.2 Å². The zero-order valence-corrected chi connectivity index (χ0v) is 17.4. The van der Waals surface area contributed by atoms with Gasteiger partial charge in [0, 0.05) is 42.7 Å². The lowest BCUT2D eigenvalue weighted by Gasteiger charge is -2.35. The molecule has 1 aromatic heterocycles. The largest absolute Gasteiger partial charge is 0.352 e. The molecule has 0 N–H and O–H groups in total. The summed E-state index contributed by atoms with van der Waals surface area (Å²) >= 11 is 6.54. The monoisotopic (exact) mass is 417 g/mol. The van der Waals surface area contributed by atoms with Gasteiger partial charge in [0.15, 0.2) is 0 Å². The Morgan fingerprint density at radius 2 is 1.83 bits per heavy atom. The van der Waals surface area contributed by atoms with E-state index >= 15 is 0 Å². The fourth-order valence-corrected chi connectivity index (χ4v) is 3.92. The number of amides is 1. The summed E-state index contributed by atoms with van der Waals surface area (Å²) in [5, 5.41) is 10.5. The van der Waals surface area contributed by atoms with Gasteiger partial charge in [-0.1, -0.05) is 30.3 Å². The Kier molecular flexibility index (Phi) is 5.39. The summed E-state index contributed by atoms with van der Waals surface area (Å²) in [4.78, 5) is 25.1. The molecule has 0 unspecified atom stereocenters. The minimum Gasteiger partial charge on any atom is -0.352 e. The Morgan fingerprint density at radius 3 is 2.47 bits per heavy atom. The Bertz CT molecular complexity index is 1170. The molecular weight excluding hydrogens is 398 g/mol. The highest BCUT2D eigenvalue weighted by Gasteiger charge is 2.23. The number of nitriles is 1. The Hall–Kier alpha value is -3.43. The highest BCUT2D eigenvalue weighted by molar-refractivity contribution is 6.34. The number of rotatable bonds is 3. The first-order chi connectivity index (χ1) is 14.5. The minimum absolute atomic E-state index is 0.00270. The van der Waals surface area contributed by atoms with E-state index in [1.807, 2.05) is 29.2 Å². The van der Waals surface area contributed by atoms with E-state index in [9.17, 15) is 4.79 Å². The van der Waals surface area contributed by atoms with Gasteiger partial charge in [0.05, 0.1) is 22.2 Å². The average Bonchev–Trinajstić information content (AvgIpc) is 2.78. The van der Waals surface area contributed by atoms with E-state index < -0.39 is 0 Å². The molecule has 1 aliphatic heterocycles. The van der Waals surface area contributed by atoms with Crippen molar-refractivity contribution in [2.75, 3.05) is 31.1 Å². The molecule has 2 aromatic carbocycles. The molecule has 0 radical (unpaired) electrons. The molecule has 0 spiro atoms. The summed E-state index contributed by atoms with van der Waals surface area (Å²) in [6.45, 7) is 8.09. The van der Waals surface area contributed by atoms with E-state index in [1.54, 1.807) is 25.4 Å². The van der Waals surface area contributed by atoms with E-state index in [-0.39, 0.29) is 5.91 Å². The fraction of sp³-hybridized carbons (Fsp3) is 0.217. The maximum Gasteiger partial charge on any atom is 0.249 e. The lowest BCUT2D eigenvalue weighted by Crippen LogP contribution is -2.49. The summed E-state index contributed by atoms with van der Waals surface area (Å²) in [7, 11) is 0. The van der Waals surface area contributed by atoms with Gasteiger partial charge in [-0.2, -0.15) is 5.26 Å². The van der Waals surface area contributed by atoms with Crippen LogP contribution in [0.4, 0.5) is 5.82 Å². The van der Waals surface area contributed by atoms with Gasteiger partial charge in [0.1, 0.15) is 12.1 Å². The normalized spacial score (nSPS) is 13.9. The van der Waals surface area contributed by atoms with Gasteiger partial charge in [0.2, 0.25) is 5.91 Å². The van der Waals surface area contributed by atoms with Crippen molar-refractivity contribution in [1.29, 1.82) is 5.26 Å². The quantitative estimate of drug-likeness (QED) is 0.601. The van der Waals surface area contributed by atoms with Crippen LogP contribution in [0, 0.1) is 11.3 Å². The van der Waals surface area contributed by atoms with Crippen molar-refractivity contribution in [3.63, 3.8) is 0 Å². The van der Waals surface area contributed by atoms with Crippen LogP contribution in [-0.4, -0.2) is 47.0 Å². The van der Waals surface area contributed by atoms with E-state index in [4.69, 9.17) is 16.9 Å². The number of halogens is 1. The predicted octanol–water partition coefficient (Wildman–Crippen LogP) is 4.05. The van der Waals surface area contributed by atoms with Crippen LogP contribution in [0.5, 0.6) is 0 Å². The molecule has 1 fully saturated rings. The molecule has 2 heterocycles. The highest BCUT2D eigenvalue weighted by atomic mass is 35.5. The van der Waals surface area contributed by atoms with Crippen molar-refractivity contribution in [2.45, 2.75) is 6.92 Å². The van der Waals surface area contributed by atoms with Gasteiger partial charge >= 0.3 is 0 Å².